The number of hydrogen-bond acceptors (Lipinski definition) is 7. The topological polar surface area (TPSA) is 107 Å². The molecule has 7 nitrogen and oxygen atoms in total. The van der Waals surface area contributed by atoms with Crippen molar-refractivity contribution in [1.29, 1.82) is 0 Å². The summed E-state index contributed by atoms with van der Waals surface area (Å²) in [5.74, 6) is -3.09. The Morgan fingerprint density at radius 1 is 1.35 bits per heavy atom. The zero-order valence-corrected chi connectivity index (χ0v) is 15.8. The Morgan fingerprint density at radius 2 is 2.00 bits per heavy atom. The number of fused-ring (bicyclic) bond motifs is 1. The van der Waals surface area contributed by atoms with Gasteiger partial charge < -0.3 is 24.6 Å². The molecule has 2 heterocycles. The molecule has 3 aliphatic rings. The second-order valence-corrected chi connectivity index (χ2v) is 8.31. The van der Waals surface area contributed by atoms with Gasteiger partial charge in [-0.1, -0.05) is 13.3 Å². The molecule has 1 saturated carbocycles. The number of thioether (sulfide) groups is 1. The van der Waals surface area contributed by atoms with Crippen LogP contribution < -0.4 is 5.11 Å². The molecule has 2 aliphatic heterocycles. The number of ether oxygens (including phenoxy) is 1. The van der Waals surface area contributed by atoms with Crippen molar-refractivity contribution in [3.8, 4) is 0 Å². The molecule has 1 N–H and O–H groups in total. The first-order valence-electron chi connectivity index (χ1n) is 9.11. The minimum atomic E-state index is -1.43. The number of nitrogens with zero attached hydrogens (tertiary/aromatic N) is 1. The summed E-state index contributed by atoms with van der Waals surface area (Å²) < 4.78 is 5.47. The minimum Gasteiger partial charge on any atom is -0.543 e. The molecule has 0 aromatic rings. The number of carboxylic acids is 1. The van der Waals surface area contributed by atoms with Gasteiger partial charge in [0.2, 0.25) is 5.91 Å². The van der Waals surface area contributed by atoms with Crippen molar-refractivity contribution in [2.24, 2.45) is 11.8 Å². The smallest absolute Gasteiger partial charge is 0.316 e. The molecule has 0 radical (unpaired) electrons. The number of aliphatic hydroxyl groups excluding tert-OH is 1. The van der Waals surface area contributed by atoms with Gasteiger partial charge in [-0.15, -0.1) is 11.8 Å². The quantitative estimate of drug-likeness (QED) is 0.524. The fourth-order valence-electron chi connectivity index (χ4n) is 4.25. The summed E-state index contributed by atoms with van der Waals surface area (Å²) >= 11 is 1.10. The minimum absolute atomic E-state index is 0.00104. The SMILES string of the molecule is C[C@@H](O)[C@H]1C(=O)N2C(C(=O)[O-])=C(SCC(=O)OC3CCCCC3)[C@H](C)[C@H]12. The van der Waals surface area contributed by atoms with Crippen molar-refractivity contribution in [3.63, 3.8) is 0 Å². The summed E-state index contributed by atoms with van der Waals surface area (Å²) in [6.07, 6.45) is 4.13. The fraction of sp³-hybridized carbons (Fsp3) is 0.722. The van der Waals surface area contributed by atoms with Crippen molar-refractivity contribution in [1.82, 2.24) is 4.90 Å². The second-order valence-electron chi connectivity index (χ2n) is 7.29. The summed E-state index contributed by atoms with van der Waals surface area (Å²) in [5.41, 5.74) is -0.167. The number of rotatable bonds is 6. The van der Waals surface area contributed by atoms with E-state index in [4.69, 9.17) is 4.74 Å². The molecule has 2 fully saturated rings. The van der Waals surface area contributed by atoms with E-state index in [0.29, 0.717) is 4.91 Å². The van der Waals surface area contributed by atoms with Crippen molar-refractivity contribution < 1.29 is 29.3 Å². The number of esters is 1. The van der Waals surface area contributed by atoms with Gasteiger partial charge in [0.15, 0.2) is 0 Å². The van der Waals surface area contributed by atoms with Crippen LogP contribution in [0.25, 0.3) is 0 Å². The summed E-state index contributed by atoms with van der Waals surface area (Å²) in [4.78, 5) is 37.6. The van der Waals surface area contributed by atoms with E-state index >= 15 is 0 Å². The van der Waals surface area contributed by atoms with Crippen molar-refractivity contribution in [2.75, 3.05) is 5.75 Å². The predicted octanol–water partition coefficient (Wildman–Crippen LogP) is 0.414. The van der Waals surface area contributed by atoms with Gasteiger partial charge in [0, 0.05) is 10.8 Å². The first-order valence-corrected chi connectivity index (χ1v) is 10.1. The summed E-state index contributed by atoms with van der Waals surface area (Å²) in [6, 6.07) is -0.396. The average molecular weight is 382 g/mol. The number of hydrogen-bond donors (Lipinski definition) is 1. The van der Waals surface area contributed by atoms with Crippen LogP contribution in [0.3, 0.4) is 0 Å². The monoisotopic (exact) mass is 382 g/mol. The van der Waals surface area contributed by atoms with Crippen LogP contribution in [0.1, 0.15) is 46.0 Å². The highest BCUT2D eigenvalue weighted by Gasteiger charge is 2.58. The zero-order valence-electron chi connectivity index (χ0n) is 15.0. The molecule has 0 aromatic carbocycles. The summed E-state index contributed by atoms with van der Waals surface area (Å²) in [7, 11) is 0. The Bertz CT molecular complexity index is 640. The van der Waals surface area contributed by atoms with Crippen LogP contribution in [-0.2, 0) is 19.1 Å². The van der Waals surface area contributed by atoms with Gasteiger partial charge in [0.05, 0.1) is 35.5 Å². The van der Waals surface area contributed by atoms with E-state index in [9.17, 15) is 24.6 Å². The van der Waals surface area contributed by atoms with Crippen LogP contribution in [0.15, 0.2) is 10.6 Å². The van der Waals surface area contributed by atoms with E-state index in [1.807, 2.05) is 6.92 Å². The first kappa shape index (κ1) is 19.2. The van der Waals surface area contributed by atoms with Gasteiger partial charge in [-0.25, -0.2) is 0 Å². The van der Waals surface area contributed by atoms with E-state index < -0.39 is 29.9 Å². The van der Waals surface area contributed by atoms with Crippen LogP contribution in [0.4, 0.5) is 0 Å². The molecule has 26 heavy (non-hydrogen) atoms. The summed E-state index contributed by atoms with van der Waals surface area (Å²) in [5, 5.41) is 21.4. The standard InChI is InChI=1S/C18H25NO6S/c1-9-14-13(10(2)20)17(22)19(14)15(18(23)24)16(9)26-8-12(21)25-11-6-4-3-5-7-11/h9-11,13-14,20H,3-8H2,1-2H3,(H,23,24)/p-1/t9-,10-,13-,14-/m1/s1. The van der Waals surface area contributed by atoms with Crippen LogP contribution in [0.2, 0.25) is 0 Å². The highest BCUT2D eigenvalue weighted by Crippen LogP contribution is 2.50. The number of aliphatic hydroxyl groups is 1. The van der Waals surface area contributed by atoms with Crippen molar-refractivity contribution >= 4 is 29.6 Å². The first-order chi connectivity index (χ1) is 12.3. The third kappa shape index (κ3) is 3.36. The number of amides is 1. The van der Waals surface area contributed by atoms with Crippen LogP contribution in [0, 0.1) is 11.8 Å². The largest absolute Gasteiger partial charge is 0.543 e. The van der Waals surface area contributed by atoms with Gasteiger partial charge in [0.1, 0.15) is 6.10 Å². The molecular weight excluding hydrogens is 358 g/mol. The van der Waals surface area contributed by atoms with Crippen LogP contribution >= 0.6 is 11.8 Å². The Labute approximate surface area is 156 Å². The Balaban J connectivity index is 1.67. The van der Waals surface area contributed by atoms with E-state index in [1.54, 1.807) is 0 Å². The average Bonchev–Trinajstić information content (AvgIpc) is 2.82. The number of aliphatic carboxylic acids is 1. The van der Waals surface area contributed by atoms with E-state index in [2.05, 4.69) is 0 Å². The van der Waals surface area contributed by atoms with Gasteiger partial charge >= 0.3 is 5.97 Å². The molecule has 3 rings (SSSR count). The van der Waals surface area contributed by atoms with E-state index in [0.717, 1.165) is 43.9 Å². The lowest BCUT2D eigenvalue weighted by Gasteiger charge is -2.47. The van der Waals surface area contributed by atoms with Gasteiger partial charge in [-0.05, 0) is 32.6 Å². The molecule has 0 spiro atoms. The number of carboxylic acid groups (broad SMARTS) is 1. The highest BCUT2D eigenvalue weighted by molar-refractivity contribution is 8.03. The van der Waals surface area contributed by atoms with E-state index in [-0.39, 0.29) is 29.4 Å². The molecule has 1 amide bonds. The molecule has 0 aromatic heterocycles. The third-order valence-electron chi connectivity index (χ3n) is 5.50. The maximum Gasteiger partial charge on any atom is 0.316 e. The predicted molar refractivity (Wildman–Crippen MR) is 92.4 cm³/mol. The van der Waals surface area contributed by atoms with Gasteiger partial charge in [0.25, 0.3) is 0 Å². The molecule has 4 atom stereocenters. The lowest BCUT2D eigenvalue weighted by molar-refractivity contribution is -0.301. The fourth-order valence-corrected chi connectivity index (χ4v) is 5.31. The number of β-lactam (4-membered cyclic amide) rings is 1. The second kappa shape index (κ2) is 7.60. The normalized spacial score (nSPS) is 30.0. The maximum atomic E-state index is 12.2. The molecular formula is C18H24NO6S-. The van der Waals surface area contributed by atoms with E-state index in [1.165, 1.54) is 11.8 Å². The highest BCUT2D eigenvalue weighted by atomic mass is 32.2. The molecule has 8 heteroatoms. The molecule has 0 unspecified atom stereocenters. The zero-order chi connectivity index (χ0) is 19.0. The molecule has 1 aliphatic carbocycles. The molecule has 144 valence electrons. The van der Waals surface area contributed by atoms with Crippen LogP contribution in [-0.4, -0.2) is 51.9 Å². The Morgan fingerprint density at radius 3 is 2.58 bits per heavy atom. The molecule has 0 bridgehead atoms. The van der Waals surface area contributed by atoms with Crippen LogP contribution in [0.5, 0.6) is 0 Å². The van der Waals surface area contributed by atoms with Gasteiger partial charge in [-0.2, -0.15) is 0 Å². The number of carbonyl (C=O) groups is 3. The third-order valence-corrected chi connectivity index (χ3v) is 6.75. The maximum absolute atomic E-state index is 12.2. The molecule has 1 saturated heterocycles. The van der Waals surface area contributed by atoms with Gasteiger partial charge in [-0.3, -0.25) is 9.59 Å². The van der Waals surface area contributed by atoms with Crippen molar-refractivity contribution in [2.45, 2.75) is 64.2 Å². The van der Waals surface area contributed by atoms with Crippen molar-refractivity contribution in [3.05, 3.63) is 10.6 Å². The lowest BCUT2D eigenvalue weighted by Crippen LogP contribution is -2.64. The Hall–Kier alpha value is -1.54. The number of carbonyl (C=O) groups excluding carboxylic acids is 3. The lowest BCUT2D eigenvalue weighted by atomic mass is 9.79. The summed E-state index contributed by atoms with van der Waals surface area (Å²) in [6.45, 7) is 3.34. The Kier molecular flexibility index (Phi) is 5.62.